The molecule has 3 aromatic rings. The summed E-state index contributed by atoms with van der Waals surface area (Å²) >= 11 is 0. The van der Waals surface area contributed by atoms with E-state index < -0.39 is 11.6 Å². The molecule has 0 atom stereocenters. The molecule has 4 rings (SSSR count). The summed E-state index contributed by atoms with van der Waals surface area (Å²) in [6, 6.07) is 4.62. The Hall–Kier alpha value is -3.40. The maximum absolute atomic E-state index is 14.8. The average molecular weight is 471 g/mol. The highest BCUT2D eigenvalue weighted by Crippen LogP contribution is 2.39. The molecule has 0 unspecified atom stereocenters. The molecule has 0 aliphatic carbocycles. The van der Waals surface area contributed by atoms with E-state index in [0.29, 0.717) is 25.4 Å². The number of carbonyl (C=O) groups is 1. The van der Waals surface area contributed by atoms with Crippen LogP contribution < -0.4 is 9.64 Å². The highest BCUT2D eigenvalue weighted by Gasteiger charge is 2.26. The molecule has 1 aromatic carbocycles. The summed E-state index contributed by atoms with van der Waals surface area (Å²) in [4.78, 5) is 25.0. The minimum Gasteiger partial charge on any atom is -0.486 e. The first kappa shape index (κ1) is 23.7. The predicted molar refractivity (Wildman–Crippen MR) is 124 cm³/mol. The number of halogens is 2. The fraction of sp³-hybridized carbons (Fsp3) is 0.417. The lowest BCUT2D eigenvalue weighted by Crippen LogP contribution is -2.38. The van der Waals surface area contributed by atoms with Crippen molar-refractivity contribution >= 4 is 11.5 Å². The minimum absolute atomic E-state index is 0.0645. The number of fused-ring (bicyclic) bond motifs is 1. The topological polar surface area (TPSA) is 76.4 Å². The number of hydrogen-bond acceptors (Lipinski definition) is 7. The van der Waals surface area contributed by atoms with E-state index in [9.17, 15) is 13.6 Å². The van der Waals surface area contributed by atoms with Gasteiger partial charge in [-0.2, -0.15) is 5.10 Å². The van der Waals surface area contributed by atoms with Crippen molar-refractivity contribution in [3.8, 4) is 17.0 Å². The molecule has 0 amide bonds. The van der Waals surface area contributed by atoms with Crippen LogP contribution in [0.5, 0.6) is 5.75 Å². The number of likely N-dealkylation sites (N-methyl/N-ethyl adjacent to an activating group) is 1. The zero-order valence-corrected chi connectivity index (χ0v) is 19.8. The number of hydrogen-bond donors (Lipinski definition) is 0. The number of nitrogens with zero attached hydrogens (tertiary/aromatic N) is 6. The molecule has 34 heavy (non-hydrogen) atoms. The van der Waals surface area contributed by atoms with Gasteiger partial charge in [-0.25, -0.2) is 18.7 Å². The van der Waals surface area contributed by atoms with Crippen LogP contribution in [0.3, 0.4) is 0 Å². The molecule has 0 radical (unpaired) electrons. The smallest absolute Gasteiger partial charge is 0.190 e. The van der Waals surface area contributed by atoms with Gasteiger partial charge in [0.15, 0.2) is 23.2 Å². The van der Waals surface area contributed by atoms with Crippen LogP contribution in [0.1, 0.15) is 30.2 Å². The minimum atomic E-state index is -0.698. The van der Waals surface area contributed by atoms with Crippen LogP contribution in [0, 0.1) is 11.6 Å². The molecule has 3 heterocycles. The van der Waals surface area contributed by atoms with E-state index in [1.165, 1.54) is 6.07 Å². The Morgan fingerprint density at radius 3 is 2.76 bits per heavy atom. The summed E-state index contributed by atoms with van der Waals surface area (Å²) in [5.74, 6) is -1.27. The lowest BCUT2D eigenvalue weighted by Gasteiger charge is -2.34. The number of carbonyl (C=O) groups excluding carboxylic acids is 1. The van der Waals surface area contributed by atoms with Gasteiger partial charge in [-0.15, -0.1) is 0 Å². The zero-order chi connectivity index (χ0) is 24.4. The first-order valence-electron chi connectivity index (χ1n) is 11.2. The van der Waals surface area contributed by atoms with E-state index >= 15 is 0 Å². The van der Waals surface area contributed by atoms with Crippen LogP contribution in [-0.4, -0.2) is 70.3 Å². The van der Waals surface area contributed by atoms with E-state index in [1.807, 2.05) is 37.7 Å². The molecule has 0 saturated carbocycles. The number of ether oxygens (including phenoxy) is 1. The molecule has 0 N–H and O–H groups in total. The Kier molecular flexibility index (Phi) is 6.87. The summed E-state index contributed by atoms with van der Waals surface area (Å²) in [5, 5.41) is 4.30. The van der Waals surface area contributed by atoms with Gasteiger partial charge in [0, 0.05) is 24.3 Å². The van der Waals surface area contributed by atoms with Crippen LogP contribution in [0.15, 0.2) is 30.6 Å². The van der Waals surface area contributed by atoms with Crippen molar-refractivity contribution in [2.24, 2.45) is 0 Å². The highest BCUT2D eigenvalue weighted by atomic mass is 19.1. The molecule has 0 fully saturated rings. The van der Waals surface area contributed by atoms with Gasteiger partial charge in [-0.3, -0.25) is 9.48 Å². The largest absolute Gasteiger partial charge is 0.486 e. The molecule has 10 heteroatoms. The van der Waals surface area contributed by atoms with E-state index in [2.05, 4.69) is 15.1 Å². The Balaban J connectivity index is 1.59. The van der Waals surface area contributed by atoms with E-state index in [4.69, 9.17) is 4.74 Å². The third kappa shape index (κ3) is 5.06. The van der Waals surface area contributed by atoms with Gasteiger partial charge >= 0.3 is 0 Å². The van der Waals surface area contributed by atoms with Gasteiger partial charge in [0.05, 0.1) is 31.4 Å². The first-order valence-corrected chi connectivity index (χ1v) is 11.2. The molecule has 0 spiro atoms. The molecule has 0 bridgehead atoms. The number of ketones is 1. The predicted octanol–water partition coefficient (Wildman–Crippen LogP) is 3.21. The Bertz CT molecular complexity index is 1190. The quantitative estimate of drug-likeness (QED) is 0.468. The van der Waals surface area contributed by atoms with E-state index in [0.717, 1.165) is 12.7 Å². The van der Waals surface area contributed by atoms with Gasteiger partial charge in [0.25, 0.3) is 0 Å². The third-order valence-electron chi connectivity index (χ3n) is 5.62. The Labute approximate surface area is 197 Å². The van der Waals surface area contributed by atoms with Crippen LogP contribution in [0.2, 0.25) is 0 Å². The summed E-state index contributed by atoms with van der Waals surface area (Å²) in [6.07, 6.45) is 2.60. The Morgan fingerprint density at radius 2 is 2.03 bits per heavy atom. The lowest BCUT2D eigenvalue weighted by molar-refractivity contribution is 0.0985. The molecule has 1 aliphatic heterocycles. The van der Waals surface area contributed by atoms with Gasteiger partial charge in [0.2, 0.25) is 0 Å². The van der Waals surface area contributed by atoms with E-state index in [-0.39, 0.29) is 46.8 Å². The van der Waals surface area contributed by atoms with Crippen molar-refractivity contribution in [1.82, 2.24) is 24.6 Å². The van der Waals surface area contributed by atoms with Crippen molar-refractivity contribution in [3.63, 3.8) is 0 Å². The summed E-state index contributed by atoms with van der Waals surface area (Å²) in [7, 11) is 3.92. The van der Waals surface area contributed by atoms with Gasteiger partial charge in [-0.1, -0.05) is 0 Å². The average Bonchev–Trinajstić information content (AvgIpc) is 3.28. The second-order valence-electron chi connectivity index (χ2n) is 8.79. The third-order valence-corrected chi connectivity index (χ3v) is 5.62. The number of anilines is 1. The lowest BCUT2D eigenvalue weighted by atomic mass is 10.1. The first-order chi connectivity index (χ1) is 16.2. The maximum Gasteiger partial charge on any atom is 0.190 e. The summed E-state index contributed by atoms with van der Waals surface area (Å²) in [6.45, 7) is 6.41. The highest BCUT2D eigenvalue weighted by molar-refractivity contribution is 5.95. The SMILES string of the molecule is CC(C)N1CCOc2c(F)cc(-c3nc(CC(=O)c4ccn(CCN(C)C)n4)ncc3F)cc21. The fourth-order valence-corrected chi connectivity index (χ4v) is 3.84. The van der Waals surface area contributed by atoms with Crippen molar-refractivity contribution in [1.29, 1.82) is 0 Å². The normalized spacial score (nSPS) is 13.4. The Morgan fingerprint density at radius 1 is 1.24 bits per heavy atom. The van der Waals surface area contributed by atoms with Crippen LogP contribution in [-0.2, 0) is 13.0 Å². The van der Waals surface area contributed by atoms with Crippen molar-refractivity contribution in [2.45, 2.75) is 32.9 Å². The summed E-state index contributed by atoms with van der Waals surface area (Å²) < 4.78 is 36.8. The fourth-order valence-electron chi connectivity index (χ4n) is 3.84. The van der Waals surface area contributed by atoms with Crippen molar-refractivity contribution < 1.29 is 18.3 Å². The second kappa shape index (κ2) is 9.84. The molecule has 2 aromatic heterocycles. The van der Waals surface area contributed by atoms with Crippen LogP contribution in [0.4, 0.5) is 14.5 Å². The number of Topliss-reactive ketones (excluding diaryl/α,β-unsaturated/α-hetero) is 1. The van der Waals surface area contributed by atoms with Crippen molar-refractivity contribution in [3.05, 3.63) is 53.7 Å². The van der Waals surface area contributed by atoms with Gasteiger partial charge < -0.3 is 14.5 Å². The zero-order valence-electron chi connectivity index (χ0n) is 19.8. The number of aromatic nitrogens is 4. The number of rotatable bonds is 8. The van der Waals surface area contributed by atoms with Gasteiger partial charge in [-0.05, 0) is 46.1 Å². The van der Waals surface area contributed by atoms with Crippen LogP contribution in [0.25, 0.3) is 11.3 Å². The monoisotopic (exact) mass is 470 g/mol. The van der Waals surface area contributed by atoms with Crippen LogP contribution >= 0.6 is 0 Å². The molecule has 0 saturated heterocycles. The summed E-state index contributed by atoms with van der Waals surface area (Å²) in [5.41, 5.74) is 1.03. The molecule has 8 nitrogen and oxygen atoms in total. The van der Waals surface area contributed by atoms with Gasteiger partial charge in [0.1, 0.15) is 23.8 Å². The standard InChI is InChI=1S/C24H28F2N6O2/c1-15(2)32-9-10-34-24-17(25)11-16(12-20(24)32)23-18(26)14-27-22(28-23)13-21(33)19-5-6-31(29-19)8-7-30(3)4/h5-6,11-12,14-15H,7-10,13H2,1-4H3. The maximum atomic E-state index is 14.8. The second-order valence-corrected chi connectivity index (χ2v) is 8.79. The molecule has 180 valence electrons. The number of benzene rings is 1. The molecular formula is C24H28F2N6O2. The van der Waals surface area contributed by atoms with Crippen molar-refractivity contribution in [2.75, 3.05) is 38.7 Å². The molecule has 1 aliphatic rings. The molecular weight excluding hydrogens is 442 g/mol. The van der Waals surface area contributed by atoms with E-state index in [1.54, 1.807) is 23.0 Å².